The molecule has 0 saturated carbocycles. The molecule has 0 aliphatic carbocycles. The number of amides is 3. The number of carbonyl (C=O) groups excluding carboxylic acids is 2. The van der Waals surface area contributed by atoms with Crippen LogP contribution in [0.5, 0.6) is 0 Å². The molecule has 2 unspecified atom stereocenters. The van der Waals surface area contributed by atoms with E-state index in [1.807, 2.05) is 6.92 Å². The Kier molecular flexibility index (Phi) is 4.46. The van der Waals surface area contributed by atoms with Gasteiger partial charge in [-0.15, -0.1) is 0 Å². The van der Waals surface area contributed by atoms with E-state index in [0.717, 1.165) is 6.42 Å². The first-order chi connectivity index (χ1) is 11.7. The number of rotatable bonds is 5. The van der Waals surface area contributed by atoms with Crippen molar-refractivity contribution in [1.29, 1.82) is 0 Å². The lowest BCUT2D eigenvalue weighted by atomic mass is 9.77. The maximum Gasteiger partial charge on any atom is 0.352 e. The molecule has 2 fully saturated rings. The third kappa shape index (κ3) is 2.87. The summed E-state index contributed by atoms with van der Waals surface area (Å²) in [7, 11) is 0. The number of aliphatic hydroxyl groups is 1. The number of urea groups is 1. The number of nitrogens with one attached hydrogen (secondary N) is 1. The summed E-state index contributed by atoms with van der Waals surface area (Å²) in [5.41, 5.74) is 5.89. The van der Waals surface area contributed by atoms with E-state index < -0.39 is 24.0 Å². The summed E-state index contributed by atoms with van der Waals surface area (Å²) >= 11 is 0. The van der Waals surface area contributed by atoms with Crippen LogP contribution >= 0.6 is 0 Å². The van der Waals surface area contributed by atoms with E-state index in [2.05, 4.69) is 10.2 Å². The molecular weight excluding hydrogens is 328 g/mol. The van der Waals surface area contributed by atoms with Crippen molar-refractivity contribution in [2.75, 3.05) is 19.6 Å². The number of fused-ring (bicyclic) bond motifs is 1. The van der Waals surface area contributed by atoms with E-state index in [1.54, 1.807) is 6.92 Å². The average molecular weight is 352 g/mol. The molecule has 5 N–H and O–H groups in total. The first-order valence-electron chi connectivity index (χ1n) is 8.48. The third-order valence-electron chi connectivity index (χ3n) is 5.53. The highest BCUT2D eigenvalue weighted by Crippen LogP contribution is 2.47. The Hall–Kier alpha value is -2.13. The van der Waals surface area contributed by atoms with Crippen molar-refractivity contribution in [3.05, 3.63) is 11.3 Å². The minimum atomic E-state index is -1.12. The van der Waals surface area contributed by atoms with E-state index >= 15 is 0 Å². The van der Waals surface area contributed by atoms with Crippen LogP contribution in [0.4, 0.5) is 4.79 Å². The molecule has 0 aromatic carbocycles. The standard InChI is InChI=1S/C16H24N4O5/c1-7-10(6-19-4-3-9(5-19)18-16(17)25)13(15(23)24)20-12(7)11(8(2)21)14(20)22/h7-9,11-12,21H,3-6H2,1-2H3,(H,23,24)(H3,17,18,25)/t7-,8+,9-,11?,12?/m0/s1. The van der Waals surface area contributed by atoms with Crippen LogP contribution in [-0.4, -0.2) is 75.7 Å². The number of nitrogens with zero attached hydrogens (tertiary/aromatic N) is 2. The van der Waals surface area contributed by atoms with Gasteiger partial charge in [0.2, 0.25) is 5.91 Å². The number of carboxylic acid groups (broad SMARTS) is 1. The molecule has 0 aromatic heterocycles. The average Bonchev–Trinajstić information content (AvgIpc) is 3.01. The monoisotopic (exact) mass is 352 g/mol. The summed E-state index contributed by atoms with van der Waals surface area (Å²) < 4.78 is 0. The molecule has 3 rings (SSSR count). The zero-order valence-electron chi connectivity index (χ0n) is 14.3. The fraction of sp³-hybridized carbons (Fsp3) is 0.688. The molecule has 3 aliphatic heterocycles. The second-order valence-corrected chi connectivity index (χ2v) is 7.16. The molecule has 0 radical (unpaired) electrons. The number of likely N-dealkylation sites (tertiary alicyclic amines) is 1. The van der Waals surface area contributed by atoms with Gasteiger partial charge in [-0.2, -0.15) is 0 Å². The van der Waals surface area contributed by atoms with Crippen LogP contribution in [0.3, 0.4) is 0 Å². The molecule has 2 saturated heterocycles. The van der Waals surface area contributed by atoms with Gasteiger partial charge in [0.05, 0.1) is 18.1 Å². The van der Waals surface area contributed by atoms with E-state index in [1.165, 1.54) is 4.90 Å². The Labute approximate surface area is 145 Å². The second-order valence-electron chi connectivity index (χ2n) is 7.16. The van der Waals surface area contributed by atoms with Crippen molar-refractivity contribution in [1.82, 2.24) is 15.1 Å². The molecule has 3 amide bonds. The molecule has 138 valence electrons. The van der Waals surface area contributed by atoms with Gasteiger partial charge in [-0.05, 0) is 18.9 Å². The number of carboxylic acids is 1. The van der Waals surface area contributed by atoms with Crippen LogP contribution in [0.1, 0.15) is 20.3 Å². The van der Waals surface area contributed by atoms with Gasteiger partial charge in [-0.3, -0.25) is 9.69 Å². The van der Waals surface area contributed by atoms with Crippen LogP contribution in [0.15, 0.2) is 11.3 Å². The summed E-state index contributed by atoms with van der Waals surface area (Å²) in [5.74, 6) is -2.13. The molecule has 9 nitrogen and oxygen atoms in total. The van der Waals surface area contributed by atoms with Crippen LogP contribution in [0.2, 0.25) is 0 Å². The fourth-order valence-electron chi connectivity index (χ4n) is 4.39. The maximum atomic E-state index is 12.3. The van der Waals surface area contributed by atoms with Gasteiger partial charge in [-0.25, -0.2) is 9.59 Å². The Morgan fingerprint density at radius 1 is 1.44 bits per heavy atom. The molecule has 0 bridgehead atoms. The first-order valence-corrected chi connectivity index (χ1v) is 8.48. The smallest absolute Gasteiger partial charge is 0.352 e. The van der Waals surface area contributed by atoms with Gasteiger partial charge in [0.1, 0.15) is 5.70 Å². The normalized spacial score (nSPS) is 33.2. The first kappa shape index (κ1) is 17.7. The second kappa shape index (κ2) is 6.30. The van der Waals surface area contributed by atoms with Crippen molar-refractivity contribution >= 4 is 17.9 Å². The van der Waals surface area contributed by atoms with Crippen LogP contribution < -0.4 is 11.1 Å². The molecule has 0 spiro atoms. The van der Waals surface area contributed by atoms with Gasteiger partial charge < -0.3 is 26.2 Å². The molecule has 9 heteroatoms. The van der Waals surface area contributed by atoms with Crippen molar-refractivity contribution in [2.24, 2.45) is 17.6 Å². The van der Waals surface area contributed by atoms with E-state index in [0.29, 0.717) is 25.2 Å². The largest absolute Gasteiger partial charge is 0.477 e. The topological polar surface area (TPSA) is 136 Å². The fourth-order valence-corrected chi connectivity index (χ4v) is 4.39. The Morgan fingerprint density at radius 3 is 2.68 bits per heavy atom. The van der Waals surface area contributed by atoms with Gasteiger partial charge in [0.25, 0.3) is 0 Å². The number of nitrogens with two attached hydrogens (primary N) is 1. The van der Waals surface area contributed by atoms with Crippen LogP contribution in [0.25, 0.3) is 0 Å². The minimum Gasteiger partial charge on any atom is -0.477 e. The summed E-state index contributed by atoms with van der Waals surface area (Å²) in [6.45, 7) is 5.19. The molecule has 0 aromatic rings. The number of β-lactam (4-membered cyclic amide) rings is 1. The van der Waals surface area contributed by atoms with Gasteiger partial charge in [-0.1, -0.05) is 6.92 Å². The number of aliphatic carboxylic acids is 1. The zero-order chi connectivity index (χ0) is 18.5. The highest BCUT2D eigenvalue weighted by Gasteiger charge is 2.59. The summed E-state index contributed by atoms with van der Waals surface area (Å²) in [6.07, 6.45) is -0.0587. The predicted molar refractivity (Wildman–Crippen MR) is 87.2 cm³/mol. The van der Waals surface area contributed by atoms with E-state index in [4.69, 9.17) is 5.73 Å². The van der Waals surface area contributed by atoms with E-state index in [-0.39, 0.29) is 29.6 Å². The van der Waals surface area contributed by atoms with Crippen molar-refractivity contribution in [2.45, 2.75) is 38.5 Å². The molecular formula is C16H24N4O5. The maximum absolute atomic E-state index is 12.3. The lowest BCUT2D eigenvalue weighted by Gasteiger charge is -2.46. The van der Waals surface area contributed by atoms with E-state index in [9.17, 15) is 24.6 Å². The third-order valence-corrected chi connectivity index (χ3v) is 5.53. The molecule has 3 aliphatic rings. The molecule has 5 atom stereocenters. The summed E-state index contributed by atoms with van der Waals surface area (Å²) in [5, 5.41) is 22.1. The van der Waals surface area contributed by atoms with Crippen LogP contribution in [0, 0.1) is 11.8 Å². The highest BCUT2D eigenvalue weighted by molar-refractivity contribution is 6.00. The SMILES string of the molecule is C[C@@H](O)C1C(=O)N2C(C(=O)O)=C(CN3CC[C@H](NC(N)=O)C3)[C@H](C)C12. The Morgan fingerprint density at radius 2 is 2.12 bits per heavy atom. The quantitative estimate of drug-likeness (QED) is 0.465. The zero-order valence-corrected chi connectivity index (χ0v) is 14.3. The van der Waals surface area contributed by atoms with Crippen molar-refractivity contribution in [3.63, 3.8) is 0 Å². The number of aliphatic hydroxyl groups excluding tert-OH is 1. The van der Waals surface area contributed by atoms with Crippen molar-refractivity contribution < 1.29 is 24.6 Å². The van der Waals surface area contributed by atoms with Gasteiger partial charge in [0, 0.05) is 31.6 Å². The minimum absolute atomic E-state index is 0.0470. The molecule has 25 heavy (non-hydrogen) atoms. The summed E-state index contributed by atoms with van der Waals surface area (Å²) in [4.78, 5) is 38.4. The lowest BCUT2D eigenvalue weighted by molar-refractivity contribution is -0.163. The number of primary amides is 1. The Balaban J connectivity index is 1.77. The number of carbonyl (C=O) groups is 3. The lowest BCUT2D eigenvalue weighted by Crippen LogP contribution is -2.63. The molecule has 3 heterocycles. The number of hydrogen-bond acceptors (Lipinski definition) is 5. The number of hydrogen-bond donors (Lipinski definition) is 4. The highest BCUT2D eigenvalue weighted by atomic mass is 16.4. The van der Waals surface area contributed by atoms with Gasteiger partial charge in [0.15, 0.2) is 0 Å². The summed E-state index contributed by atoms with van der Waals surface area (Å²) in [6, 6.07) is -0.913. The van der Waals surface area contributed by atoms with Gasteiger partial charge >= 0.3 is 12.0 Å². The predicted octanol–water partition coefficient (Wildman–Crippen LogP) is -1.07. The Bertz CT molecular complexity index is 646. The van der Waals surface area contributed by atoms with Crippen molar-refractivity contribution in [3.8, 4) is 0 Å². The van der Waals surface area contributed by atoms with Crippen LogP contribution in [-0.2, 0) is 9.59 Å².